The molecule has 3 rings (SSSR count). The van der Waals surface area contributed by atoms with Crippen LogP contribution in [-0.2, 0) is 11.3 Å². The van der Waals surface area contributed by atoms with E-state index in [9.17, 15) is 9.90 Å². The molecule has 3 aromatic rings. The van der Waals surface area contributed by atoms with E-state index in [1.807, 2.05) is 42.5 Å². The molecule has 124 valence electrons. The molecule has 0 unspecified atom stereocenters. The summed E-state index contributed by atoms with van der Waals surface area (Å²) in [5.41, 5.74) is 3.03. The SMILES string of the molecule is CCn1cc([C@H](CC(=O)[O-])c2cccc(OC)c2)c2ccccc21. The molecule has 24 heavy (non-hydrogen) atoms. The van der Waals surface area contributed by atoms with Crippen molar-refractivity contribution in [3.05, 3.63) is 65.9 Å². The van der Waals surface area contributed by atoms with Gasteiger partial charge in [0.05, 0.1) is 7.11 Å². The molecule has 1 heterocycles. The predicted molar refractivity (Wildman–Crippen MR) is 92.1 cm³/mol. The van der Waals surface area contributed by atoms with E-state index < -0.39 is 5.97 Å². The van der Waals surface area contributed by atoms with Crippen molar-refractivity contribution < 1.29 is 14.6 Å². The Hall–Kier alpha value is -2.75. The number of para-hydroxylation sites is 1. The third-order valence-electron chi connectivity index (χ3n) is 4.40. The Kier molecular flexibility index (Phi) is 4.56. The van der Waals surface area contributed by atoms with Crippen molar-refractivity contribution in [3.63, 3.8) is 0 Å². The summed E-state index contributed by atoms with van der Waals surface area (Å²) in [6.07, 6.45) is 1.99. The number of ether oxygens (including phenoxy) is 1. The fourth-order valence-electron chi connectivity index (χ4n) is 3.25. The normalized spacial score (nSPS) is 12.2. The van der Waals surface area contributed by atoms with E-state index in [4.69, 9.17) is 4.74 Å². The lowest BCUT2D eigenvalue weighted by Crippen LogP contribution is -2.24. The van der Waals surface area contributed by atoms with Crippen LogP contribution in [0.25, 0.3) is 10.9 Å². The summed E-state index contributed by atoms with van der Waals surface area (Å²) in [6.45, 7) is 2.91. The van der Waals surface area contributed by atoms with Gasteiger partial charge in [-0.3, -0.25) is 0 Å². The molecule has 0 aliphatic rings. The molecular formula is C20H20NO3-. The van der Waals surface area contributed by atoms with Gasteiger partial charge in [0.15, 0.2) is 0 Å². The molecule has 0 spiro atoms. The topological polar surface area (TPSA) is 54.3 Å². The van der Waals surface area contributed by atoms with Gasteiger partial charge in [0.25, 0.3) is 0 Å². The number of aryl methyl sites for hydroxylation is 1. The minimum absolute atomic E-state index is 0.0646. The molecule has 0 aliphatic carbocycles. The number of carbonyl (C=O) groups excluding carboxylic acids is 1. The Bertz CT molecular complexity index is 866. The Balaban J connectivity index is 2.17. The molecule has 0 N–H and O–H groups in total. The summed E-state index contributed by atoms with van der Waals surface area (Å²) in [7, 11) is 1.61. The van der Waals surface area contributed by atoms with E-state index in [-0.39, 0.29) is 12.3 Å². The molecule has 0 radical (unpaired) electrons. The molecular weight excluding hydrogens is 302 g/mol. The molecule has 1 aromatic heterocycles. The number of fused-ring (bicyclic) bond motifs is 1. The van der Waals surface area contributed by atoms with Crippen LogP contribution in [0.4, 0.5) is 0 Å². The van der Waals surface area contributed by atoms with Gasteiger partial charge in [-0.25, -0.2) is 0 Å². The molecule has 0 saturated carbocycles. The summed E-state index contributed by atoms with van der Waals surface area (Å²) in [4.78, 5) is 11.4. The lowest BCUT2D eigenvalue weighted by atomic mass is 9.88. The summed E-state index contributed by atoms with van der Waals surface area (Å²) in [5.74, 6) is -0.617. The molecule has 0 saturated heterocycles. The molecule has 0 fully saturated rings. The summed E-state index contributed by atoms with van der Waals surface area (Å²) < 4.78 is 7.44. The summed E-state index contributed by atoms with van der Waals surface area (Å²) in [6, 6.07) is 15.7. The fraction of sp³-hybridized carbons (Fsp3) is 0.250. The maximum absolute atomic E-state index is 11.4. The van der Waals surface area contributed by atoms with Crippen LogP contribution in [0.15, 0.2) is 54.7 Å². The third kappa shape index (κ3) is 3.00. The standard InChI is InChI=1S/C20H21NO3/c1-3-21-13-18(16-9-4-5-10-19(16)21)17(12-20(22)23)14-7-6-8-15(11-14)24-2/h4-11,13,17H,3,12H2,1-2H3,(H,22,23)/p-1/t17-/m1/s1. The highest BCUT2D eigenvalue weighted by atomic mass is 16.5. The zero-order chi connectivity index (χ0) is 17.1. The van der Waals surface area contributed by atoms with E-state index >= 15 is 0 Å². The van der Waals surface area contributed by atoms with E-state index in [2.05, 4.69) is 23.8 Å². The maximum Gasteiger partial charge on any atom is 0.119 e. The number of methoxy groups -OCH3 is 1. The predicted octanol–water partition coefficient (Wildman–Crippen LogP) is 2.94. The first-order valence-corrected chi connectivity index (χ1v) is 8.05. The zero-order valence-corrected chi connectivity index (χ0v) is 13.9. The first-order chi connectivity index (χ1) is 11.6. The second-order valence-electron chi connectivity index (χ2n) is 5.79. The van der Waals surface area contributed by atoms with Gasteiger partial charge in [-0.15, -0.1) is 0 Å². The maximum atomic E-state index is 11.4. The lowest BCUT2D eigenvalue weighted by Gasteiger charge is -2.18. The number of nitrogens with zero attached hydrogens (tertiary/aromatic N) is 1. The molecule has 1 atom stereocenters. The van der Waals surface area contributed by atoms with Crippen LogP contribution in [0.1, 0.15) is 30.4 Å². The van der Waals surface area contributed by atoms with Crippen LogP contribution in [0.3, 0.4) is 0 Å². The molecule has 2 aromatic carbocycles. The summed E-state index contributed by atoms with van der Waals surface area (Å²) >= 11 is 0. The number of carboxylic acid groups (broad SMARTS) is 1. The zero-order valence-electron chi connectivity index (χ0n) is 13.9. The van der Waals surface area contributed by atoms with Crippen molar-refractivity contribution in [1.82, 2.24) is 4.57 Å². The van der Waals surface area contributed by atoms with Crippen LogP contribution < -0.4 is 9.84 Å². The lowest BCUT2D eigenvalue weighted by molar-refractivity contribution is -0.305. The van der Waals surface area contributed by atoms with E-state index in [0.29, 0.717) is 0 Å². The number of benzene rings is 2. The van der Waals surface area contributed by atoms with Crippen LogP contribution in [0, 0.1) is 0 Å². The Labute approximate surface area is 141 Å². The van der Waals surface area contributed by atoms with Gasteiger partial charge in [-0.2, -0.15) is 0 Å². The molecule has 0 aliphatic heterocycles. The van der Waals surface area contributed by atoms with Crippen LogP contribution >= 0.6 is 0 Å². The van der Waals surface area contributed by atoms with Crippen molar-refractivity contribution in [2.24, 2.45) is 0 Å². The van der Waals surface area contributed by atoms with E-state index in [1.165, 1.54) is 0 Å². The molecule has 0 amide bonds. The Morgan fingerprint density at radius 1 is 1.21 bits per heavy atom. The van der Waals surface area contributed by atoms with Crippen LogP contribution in [-0.4, -0.2) is 17.6 Å². The van der Waals surface area contributed by atoms with Gasteiger partial charge in [-0.05, 0) is 42.7 Å². The van der Waals surface area contributed by atoms with Crippen molar-refractivity contribution in [2.45, 2.75) is 25.8 Å². The summed E-state index contributed by atoms with van der Waals surface area (Å²) in [5, 5.41) is 12.5. The van der Waals surface area contributed by atoms with Crippen LogP contribution in [0.5, 0.6) is 5.75 Å². The minimum Gasteiger partial charge on any atom is -0.550 e. The molecule has 0 bridgehead atoms. The van der Waals surface area contributed by atoms with Gasteiger partial charge >= 0.3 is 0 Å². The number of rotatable bonds is 6. The number of aromatic nitrogens is 1. The number of carbonyl (C=O) groups is 1. The smallest absolute Gasteiger partial charge is 0.119 e. The minimum atomic E-state index is -1.06. The number of aliphatic carboxylic acids is 1. The molecule has 4 heteroatoms. The Morgan fingerprint density at radius 2 is 2.00 bits per heavy atom. The van der Waals surface area contributed by atoms with E-state index in [1.54, 1.807) is 7.11 Å². The van der Waals surface area contributed by atoms with Gasteiger partial charge in [0.2, 0.25) is 0 Å². The average Bonchev–Trinajstić information content (AvgIpc) is 2.98. The van der Waals surface area contributed by atoms with Gasteiger partial charge in [-0.1, -0.05) is 30.3 Å². The van der Waals surface area contributed by atoms with Crippen molar-refractivity contribution in [1.29, 1.82) is 0 Å². The number of hydrogen-bond acceptors (Lipinski definition) is 3. The highest BCUT2D eigenvalue weighted by Gasteiger charge is 2.20. The number of carboxylic acids is 1. The highest BCUT2D eigenvalue weighted by molar-refractivity contribution is 5.85. The van der Waals surface area contributed by atoms with Gasteiger partial charge < -0.3 is 19.2 Å². The Morgan fingerprint density at radius 3 is 2.71 bits per heavy atom. The van der Waals surface area contributed by atoms with E-state index in [0.717, 1.165) is 34.3 Å². The van der Waals surface area contributed by atoms with Crippen LogP contribution in [0.2, 0.25) is 0 Å². The van der Waals surface area contributed by atoms with Crippen molar-refractivity contribution >= 4 is 16.9 Å². The fourth-order valence-corrected chi connectivity index (χ4v) is 3.25. The molecule has 4 nitrogen and oxygen atoms in total. The quantitative estimate of drug-likeness (QED) is 0.701. The van der Waals surface area contributed by atoms with Crippen molar-refractivity contribution in [2.75, 3.05) is 7.11 Å². The number of hydrogen-bond donors (Lipinski definition) is 0. The van der Waals surface area contributed by atoms with Gasteiger partial charge in [0.1, 0.15) is 5.75 Å². The monoisotopic (exact) mass is 322 g/mol. The first-order valence-electron chi connectivity index (χ1n) is 8.05. The third-order valence-corrected chi connectivity index (χ3v) is 4.40. The van der Waals surface area contributed by atoms with Gasteiger partial charge in [0, 0.05) is 35.5 Å². The second kappa shape index (κ2) is 6.79. The average molecular weight is 322 g/mol. The second-order valence-corrected chi connectivity index (χ2v) is 5.79. The van der Waals surface area contributed by atoms with Crippen molar-refractivity contribution in [3.8, 4) is 5.75 Å². The largest absolute Gasteiger partial charge is 0.550 e. The highest BCUT2D eigenvalue weighted by Crippen LogP contribution is 2.35. The first kappa shape index (κ1) is 16.1.